The van der Waals surface area contributed by atoms with Gasteiger partial charge in [0, 0.05) is 24.7 Å². The average Bonchev–Trinajstić information content (AvgIpc) is 2.74. The van der Waals surface area contributed by atoms with E-state index in [1.165, 1.54) is 5.39 Å². The second-order valence-corrected chi connectivity index (χ2v) is 3.70. The van der Waals surface area contributed by atoms with Crippen LogP contribution in [0.3, 0.4) is 0 Å². The number of anilines is 1. The third-order valence-corrected chi connectivity index (χ3v) is 2.73. The molecular formula is C11H13N3O. The van der Waals surface area contributed by atoms with Crippen molar-refractivity contribution < 1.29 is 4.74 Å². The van der Waals surface area contributed by atoms with Crippen LogP contribution in [0, 0.1) is 0 Å². The minimum atomic E-state index is 0.808. The third kappa shape index (κ3) is 1.57. The predicted molar refractivity (Wildman–Crippen MR) is 59.1 cm³/mol. The lowest BCUT2D eigenvalue weighted by atomic mass is 10.3. The first-order valence-electron chi connectivity index (χ1n) is 5.20. The van der Waals surface area contributed by atoms with Crippen molar-refractivity contribution >= 4 is 16.9 Å². The molecule has 0 radical (unpaired) electrons. The fraction of sp³-hybridized carbons (Fsp3) is 0.364. The second-order valence-electron chi connectivity index (χ2n) is 3.70. The number of hydrogen-bond donors (Lipinski definition) is 1. The van der Waals surface area contributed by atoms with Crippen LogP contribution < -0.4 is 4.90 Å². The van der Waals surface area contributed by atoms with Crippen LogP contribution >= 0.6 is 0 Å². The van der Waals surface area contributed by atoms with E-state index in [0.717, 1.165) is 37.8 Å². The average molecular weight is 203 g/mol. The predicted octanol–water partition coefficient (Wildman–Crippen LogP) is 1.40. The molecule has 3 heterocycles. The number of aromatic nitrogens is 2. The number of H-pyrrole nitrogens is 1. The molecule has 2 aromatic rings. The summed E-state index contributed by atoms with van der Waals surface area (Å²) in [6.45, 7) is 3.52. The highest BCUT2D eigenvalue weighted by atomic mass is 16.5. The van der Waals surface area contributed by atoms with E-state index >= 15 is 0 Å². The topological polar surface area (TPSA) is 41.2 Å². The molecule has 0 atom stereocenters. The number of nitrogens with zero attached hydrogens (tertiary/aromatic N) is 2. The second kappa shape index (κ2) is 3.55. The van der Waals surface area contributed by atoms with Gasteiger partial charge >= 0.3 is 0 Å². The van der Waals surface area contributed by atoms with Gasteiger partial charge in [0.2, 0.25) is 0 Å². The van der Waals surface area contributed by atoms with E-state index < -0.39 is 0 Å². The lowest BCUT2D eigenvalue weighted by Crippen LogP contribution is -2.36. The Balaban J connectivity index is 1.96. The summed E-state index contributed by atoms with van der Waals surface area (Å²) in [7, 11) is 0. The maximum atomic E-state index is 5.32. The van der Waals surface area contributed by atoms with Gasteiger partial charge in [-0.3, -0.25) is 0 Å². The van der Waals surface area contributed by atoms with E-state index in [-0.39, 0.29) is 0 Å². The first kappa shape index (κ1) is 8.73. The van der Waals surface area contributed by atoms with Crippen molar-refractivity contribution in [1.82, 2.24) is 9.97 Å². The van der Waals surface area contributed by atoms with E-state index in [0.29, 0.717) is 0 Å². The molecule has 1 aliphatic rings. The van der Waals surface area contributed by atoms with E-state index in [1.807, 2.05) is 12.3 Å². The van der Waals surface area contributed by atoms with Crippen molar-refractivity contribution in [2.45, 2.75) is 0 Å². The molecule has 4 nitrogen and oxygen atoms in total. The molecule has 0 aliphatic carbocycles. The first-order chi connectivity index (χ1) is 7.43. The Hall–Kier alpha value is -1.55. The normalized spacial score (nSPS) is 17.2. The van der Waals surface area contributed by atoms with E-state index in [4.69, 9.17) is 4.74 Å². The minimum absolute atomic E-state index is 0.808. The molecule has 78 valence electrons. The maximum Gasteiger partial charge on any atom is 0.138 e. The van der Waals surface area contributed by atoms with Crippen molar-refractivity contribution in [2.75, 3.05) is 31.2 Å². The zero-order valence-electron chi connectivity index (χ0n) is 8.44. The zero-order valence-corrected chi connectivity index (χ0v) is 8.44. The summed E-state index contributed by atoms with van der Waals surface area (Å²) < 4.78 is 5.32. The van der Waals surface area contributed by atoms with Crippen molar-refractivity contribution in [3.8, 4) is 0 Å². The highest BCUT2D eigenvalue weighted by molar-refractivity contribution is 5.80. The molecule has 0 amide bonds. The summed E-state index contributed by atoms with van der Waals surface area (Å²) in [4.78, 5) is 9.90. The molecule has 0 spiro atoms. The highest BCUT2D eigenvalue weighted by Crippen LogP contribution is 2.20. The molecule has 3 rings (SSSR count). The minimum Gasteiger partial charge on any atom is -0.378 e. The van der Waals surface area contributed by atoms with E-state index in [2.05, 4.69) is 27.0 Å². The number of nitrogens with one attached hydrogen (secondary N) is 1. The highest BCUT2D eigenvalue weighted by Gasteiger charge is 2.13. The number of rotatable bonds is 1. The van der Waals surface area contributed by atoms with Gasteiger partial charge in [-0.25, -0.2) is 4.98 Å². The summed E-state index contributed by atoms with van der Waals surface area (Å²) >= 11 is 0. The number of morpholine rings is 1. The van der Waals surface area contributed by atoms with Crippen LogP contribution in [0.2, 0.25) is 0 Å². The molecule has 4 heteroatoms. The fourth-order valence-electron chi connectivity index (χ4n) is 1.92. The molecule has 15 heavy (non-hydrogen) atoms. The lowest BCUT2D eigenvalue weighted by molar-refractivity contribution is 0.122. The Labute approximate surface area is 87.9 Å². The molecule has 0 aromatic carbocycles. The van der Waals surface area contributed by atoms with Gasteiger partial charge < -0.3 is 14.6 Å². The number of ether oxygens (including phenoxy) is 1. The number of fused-ring (bicyclic) bond motifs is 1. The van der Waals surface area contributed by atoms with Crippen LogP contribution in [0.25, 0.3) is 11.0 Å². The zero-order chi connectivity index (χ0) is 10.1. The van der Waals surface area contributed by atoms with Crippen LogP contribution in [0.15, 0.2) is 24.4 Å². The Kier molecular flexibility index (Phi) is 2.07. The molecule has 1 aliphatic heterocycles. The Morgan fingerprint density at radius 1 is 1.33 bits per heavy atom. The van der Waals surface area contributed by atoms with Gasteiger partial charge in [-0.15, -0.1) is 0 Å². The molecule has 0 saturated carbocycles. The number of aromatic amines is 1. The van der Waals surface area contributed by atoms with Crippen LogP contribution in [0.5, 0.6) is 0 Å². The van der Waals surface area contributed by atoms with Crippen LogP contribution in [0.4, 0.5) is 5.82 Å². The van der Waals surface area contributed by atoms with Gasteiger partial charge in [0.05, 0.1) is 13.2 Å². The monoisotopic (exact) mass is 203 g/mol. The summed E-state index contributed by atoms with van der Waals surface area (Å²) in [6, 6.07) is 6.18. The van der Waals surface area contributed by atoms with Crippen molar-refractivity contribution in [2.24, 2.45) is 0 Å². The van der Waals surface area contributed by atoms with Gasteiger partial charge in [-0.1, -0.05) is 0 Å². The summed E-state index contributed by atoms with van der Waals surface area (Å²) in [5.74, 6) is 1.15. The van der Waals surface area contributed by atoms with Gasteiger partial charge in [0.1, 0.15) is 11.5 Å². The molecule has 1 N–H and O–H groups in total. The number of pyridine rings is 1. The van der Waals surface area contributed by atoms with Gasteiger partial charge in [0.25, 0.3) is 0 Å². The number of hydrogen-bond acceptors (Lipinski definition) is 3. The maximum absolute atomic E-state index is 5.32. The van der Waals surface area contributed by atoms with E-state index in [1.54, 1.807) is 0 Å². The first-order valence-corrected chi connectivity index (χ1v) is 5.20. The van der Waals surface area contributed by atoms with Crippen molar-refractivity contribution in [3.05, 3.63) is 24.4 Å². The van der Waals surface area contributed by atoms with Crippen molar-refractivity contribution in [1.29, 1.82) is 0 Å². The Morgan fingerprint density at radius 2 is 2.20 bits per heavy atom. The summed E-state index contributed by atoms with van der Waals surface area (Å²) in [5.41, 5.74) is 0.957. The van der Waals surface area contributed by atoms with Crippen LogP contribution in [-0.2, 0) is 4.74 Å². The molecule has 1 fully saturated rings. The molecular weight excluding hydrogens is 190 g/mol. The summed E-state index contributed by atoms with van der Waals surface area (Å²) in [5, 5.41) is 1.17. The Morgan fingerprint density at radius 3 is 3.00 bits per heavy atom. The standard InChI is InChI=1S/C11H13N3O/c1-2-9-8-10(13-11(9)12-3-1)14-4-6-15-7-5-14/h1-3,8H,4-7H2,(H,12,13). The van der Waals surface area contributed by atoms with E-state index in [9.17, 15) is 0 Å². The molecule has 0 unspecified atom stereocenters. The fourth-order valence-corrected chi connectivity index (χ4v) is 1.92. The van der Waals surface area contributed by atoms with Gasteiger partial charge in [0.15, 0.2) is 0 Å². The van der Waals surface area contributed by atoms with Gasteiger partial charge in [-0.2, -0.15) is 0 Å². The SMILES string of the molecule is c1cnc2[nH]c(N3CCOCC3)cc2c1. The van der Waals surface area contributed by atoms with Crippen LogP contribution in [0.1, 0.15) is 0 Å². The molecule has 0 bridgehead atoms. The van der Waals surface area contributed by atoms with Crippen molar-refractivity contribution in [3.63, 3.8) is 0 Å². The smallest absolute Gasteiger partial charge is 0.138 e. The Bertz CT molecular complexity index is 427. The third-order valence-electron chi connectivity index (χ3n) is 2.73. The van der Waals surface area contributed by atoms with Gasteiger partial charge in [-0.05, 0) is 18.2 Å². The largest absolute Gasteiger partial charge is 0.378 e. The molecule has 2 aromatic heterocycles. The summed E-state index contributed by atoms with van der Waals surface area (Å²) in [6.07, 6.45) is 1.81. The van der Waals surface area contributed by atoms with Crippen LogP contribution in [-0.4, -0.2) is 36.3 Å². The lowest BCUT2D eigenvalue weighted by Gasteiger charge is -2.27. The quantitative estimate of drug-likeness (QED) is 0.761. The molecule has 1 saturated heterocycles.